The Morgan fingerprint density at radius 3 is 1.63 bits per heavy atom. The highest BCUT2D eigenvalue weighted by atomic mass is 32.1. The molecule has 0 bridgehead atoms. The zero-order valence-corrected chi connectivity index (χ0v) is 27.1. The molecule has 1 aliphatic heterocycles. The van der Waals surface area contributed by atoms with Gasteiger partial charge in [-0.25, -0.2) is 8.78 Å². The smallest absolute Gasteiger partial charge is 0.224 e. The lowest BCUT2D eigenvalue weighted by Crippen LogP contribution is -2.33. The number of nitrogens with two attached hydrogens (primary N) is 1. The number of amides is 1. The van der Waals surface area contributed by atoms with Crippen LogP contribution in [-0.4, -0.2) is 28.1 Å². The van der Waals surface area contributed by atoms with Gasteiger partial charge in [0.15, 0.2) is 0 Å². The van der Waals surface area contributed by atoms with Crippen molar-refractivity contribution in [3.05, 3.63) is 69.3 Å². The predicted octanol–water partition coefficient (Wildman–Crippen LogP) is 7.31. The van der Waals surface area contributed by atoms with Crippen molar-refractivity contribution in [1.29, 1.82) is 0 Å². The summed E-state index contributed by atoms with van der Waals surface area (Å²) in [6, 6.07) is 6.36. The Labute approximate surface area is 254 Å². The van der Waals surface area contributed by atoms with Gasteiger partial charge in [0, 0.05) is 18.6 Å². The van der Waals surface area contributed by atoms with Gasteiger partial charge in [0.2, 0.25) is 5.91 Å². The van der Waals surface area contributed by atoms with Gasteiger partial charge >= 0.3 is 0 Å². The fourth-order valence-electron chi connectivity index (χ4n) is 4.95. The van der Waals surface area contributed by atoms with Crippen molar-refractivity contribution in [3.8, 4) is 0 Å². The summed E-state index contributed by atoms with van der Waals surface area (Å²) < 4.78 is 27.6. The van der Waals surface area contributed by atoms with Gasteiger partial charge in [-0.3, -0.25) is 10.2 Å². The second-order valence-corrected chi connectivity index (χ2v) is 12.7. The molecule has 0 saturated carbocycles. The van der Waals surface area contributed by atoms with Crippen molar-refractivity contribution in [1.82, 2.24) is 10.7 Å². The maximum atomic E-state index is 13.8. The molecule has 1 aliphatic rings. The van der Waals surface area contributed by atoms with E-state index >= 15 is 0 Å². The third-order valence-electron chi connectivity index (χ3n) is 6.94. The summed E-state index contributed by atoms with van der Waals surface area (Å²) in [5.41, 5.74) is 15.3. The molecular formula is C32H44F2N4OS2. The van der Waals surface area contributed by atoms with Gasteiger partial charge in [0.1, 0.15) is 16.6 Å². The van der Waals surface area contributed by atoms with Crippen LogP contribution in [0.2, 0.25) is 0 Å². The molecule has 0 aliphatic carbocycles. The van der Waals surface area contributed by atoms with Crippen LogP contribution in [-0.2, 0) is 17.6 Å². The maximum absolute atomic E-state index is 13.8. The van der Waals surface area contributed by atoms with E-state index in [2.05, 4.69) is 43.5 Å². The molecule has 41 heavy (non-hydrogen) atoms. The Bertz CT molecular complexity index is 1240. The molecule has 4 N–H and O–H groups in total. The zero-order chi connectivity index (χ0) is 31.0. The largest absolute Gasteiger partial charge is 0.392 e. The molecule has 0 spiro atoms. The van der Waals surface area contributed by atoms with Crippen molar-refractivity contribution >= 4 is 46.0 Å². The fraction of sp³-hybridized carbons (Fsp3) is 0.500. The average molecular weight is 603 g/mol. The van der Waals surface area contributed by atoms with Crippen LogP contribution in [0.4, 0.5) is 8.78 Å². The first-order valence-corrected chi connectivity index (χ1v) is 15.0. The quantitative estimate of drug-likeness (QED) is 0.249. The number of hydrazone groups is 1. The number of hydrogen-bond donors (Lipinski definition) is 3. The lowest BCUT2D eigenvalue weighted by molar-refractivity contribution is -0.120. The molecule has 2 aromatic carbocycles. The normalized spacial score (nSPS) is 12.9. The first-order chi connectivity index (χ1) is 19.1. The molecule has 0 radical (unpaired) electrons. The molecule has 0 atom stereocenters. The highest BCUT2D eigenvalue weighted by Crippen LogP contribution is 2.31. The second-order valence-electron chi connectivity index (χ2n) is 11.7. The monoisotopic (exact) mass is 602 g/mol. The fourth-order valence-corrected chi connectivity index (χ4v) is 5.23. The molecule has 0 aromatic heterocycles. The van der Waals surface area contributed by atoms with Gasteiger partial charge in [-0.1, -0.05) is 79.8 Å². The van der Waals surface area contributed by atoms with Crippen molar-refractivity contribution in [2.45, 2.75) is 98.3 Å². The molecule has 2 aromatic rings. The Morgan fingerprint density at radius 1 is 0.878 bits per heavy atom. The molecule has 1 heterocycles. The van der Waals surface area contributed by atoms with Crippen LogP contribution < -0.4 is 16.5 Å². The van der Waals surface area contributed by atoms with E-state index in [1.165, 1.54) is 17.7 Å². The van der Waals surface area contributed by atoms with Crippen LogP contribution in [0.25, 0.3) is 0 Å². The van der Waals surface area contributed by atoms with Crippen LogP contribution in [0.3, 0.4) is 0 Å². The molecule has 0 unspecified atom stereocenters. The van der Waals surface area contributed by atoms with Crippen LogP contribution in [0.15, 0.2) is 29.4 Å². The third-order valence-corrected chi connectivity index (χ3v) is 7.32. The number of halogens is 2. The van der Waals surface area contributed by atoms with Crippen LogP contribution in [0.5, 0.6) is 0 Å². The summed E-state index contributed by atoms with van der Waals surface area (Å²) in [5.74, 6) is 0.324. The van der Waals surface area contributed by atoms with Crippen LogP contribution >= 0.6 is 24.4 Å². The van der Waals surface area contributed by atoms with Gasteiger partial charge in [0.05, 0.1) is 18.0 Å². The third kappa shape index (κ3) is 10.2. The van der Waals surface area contributed by atoms with Crippen molar-refractivity contribution in [2.24, 2.45) is 10.8 Å². The van der Waals surface area contributed by atoms with Gasteiger partial charge in [-0.2, -0.15) is 5.10 Å². The summed E-state index contributed by atoms with van der Waals surface area (Å²) >= 11 is 9.86. The van der Waals surface area contributed by atoms with Gasteiger partial charge in [-0.05, 0) is 81.3 Å². The van der Waals surface area contributed by atoms with Crippen LogP contribution in [0.1, 0.15) is 119 Å². The van der Waals surface area contributed by atoms with E-state index in [9.17, 15) is 13.6 Å². The Morgan fingerprint density at radius 2 is 1.29 bits per heavy atom. The summed E-state index contributed by atoms with van der Waals surface area (Å²) in [6.45, 7) is 16.6. The van der Waals surface area contributed by atoms with Crippen molar-refractivity contribution < 1.29 is 13.6 Å². The molecule has 1 amide bonds. The van der Waals surface area contributed by atoms with Crippen molar-refractivity contribution in [3.63, 3.8) is 0 Å². The Kier molecular flexibility index (Phi) is 13.0. The Balaban J connectivity index is 0.000000287. The van der Waals surface area contributed by atoms with Crippen molar-refractivity contribution in [2.75, 3.05) is 6.54 Å². The molecule has 0 fully saturated rings. The number of nitrogens with one attached hydrogen (secondary N) is 2. The van der Waals surface area contributed by atoms with Gasteiger partial charge in [-0.15, -0.1) is 0 Å². The summed E-state index contributed by atoms with van der Waals surface area (Å²) in [6.07, 6.45) is 1.67. The SMILES string of the molecule is CC(C)c1cc(F)cc(C(C)C)c1CC(=O)NCC(N)=S.CC(C)c1cc(F)cc(C(C)C)c1CC1=NNC(=S)C1. The lowest BCUT2D eigenvalue weighted by atomic mass is 9.85. The van der Waals surface area contributed by atoms with E-state index in [0.29, 0.717) is 18.3 Å². The molecular weight excluding hydrogens is 559 g/mol. The average Bonchev–Trinajstić information content (AvgIpc) is 3.28. The first-order valence-electron chi connectivity index (χ1n) is 14.1. The highest BCUT2D eigenvalue weighted by molar-refractivity contribution is 7.80. The molecule has 5 nitrogen and oxygen atoms in total. The van der Waals surface area contributed by atoms with E-state index in [0.717, 1.165) is 44.9 Å². The van der Waals surface area contributed by atoms with E-state index in [4.69, 9.17) is 30.2 Å². The predicted molar refractivity (Wildman–Crippen MR) is 174 cm³/mol. The lowest BCUT2D eigenvalue weighted by Gasteiger charge is -2.20. The Hall–Kier alpha value is -2.78. The second kappa shape index (κ2) is 15.4. The number of thiocarbonyl (C=S) groups is 2. The maximum Gasteiger partial charge on any atom is 0.224 e. The summed E-state index contributed by atoms with van der Waals surface area (Å²) in [7, 11) is 0. The van der Waals surface area contributed by atoms with Crippen LogP contribution in [0, 0.1) is 11.6 Å². The summed E-state index contributed by atoms with van der Waals surface area (Å²) in [4.78, 5) is 13.0. The minimum Gasteiger partial charge on any atom is -0.392 e. The first kappa shape index (κ1) is 34.4. The van der Waals surface area contributed by atoms with E-state index in [1.807, 2.05) is 27.7 Å². The highest BCUT2D eigenvalue weighted by Gasteiger charge is 2.21. The number of nitrogens with zero attached hydrogens (tertiary/aromatic N) is 1. The minimum absolute atomic E-state index is 0.150. The number of benzene rings is 2. The van der Waals surface area contributed by atoms with Gasteiger partial charge < -0.3 is 11.1 Å². The molecule has 0 saturated heterocycles. The molecule has 9 heteroatoms. The number of rotatable bonds is 10. The van der Waals surface area contributed by atoms with E-state index in [-0.39, 0.29) is 47.3 Å². The van der Waals surface area contributed by atoms with E-state index in [1.54, 1.807) is 12.1 Å². The minimum atomic E-state index is -0.255. The number of carbonyl (C=O) groups excluding carboxylic acids is 1. The molecule has 3 rings (SSSR count). The summed E-state index contributed by atoms with van der Waals surface area (Å²) in [5, 5.41) is 6.95. The molecule has 224 valence electrons. The van der Waals surface area contributed by atoms with E-state index < -0.39 is 0 Å². The zero-order valence-electron chi connectivity index (χ0n) is 25.5. The number of carbonyl (C=O) groups is 1. The van der Waals surface area contributed by atoms with Gasteiger partial charge in [0.25, 0.3) is 0 Å². The standard InChI is InChI=1S/C16H23FN2OS.C16H21FN2S/c1-9(2)12-5-11(17)6-13(10(3)4)14(12)7-16(20)19-8-15(18)21;1-9(2)13-5-11(17)6-14(10(3)4)15(13)7-12-8-16(20)19-18-12/h5-6,9-10H,7-8H2,1-4H3,(H2,18,21)(H,19,20);5-6,9-10H,7-8H2,1-4H3,(H,19,20). The topological polar surface area (TPSA) is 79.5 Å². The number of hydrogen-bond acceptors (Lipinski definition) is 4.